The summed E-state index contributed by atoms with van der Waals surface area (Å²) in [5.41, 5.74) is 7.14. The van der Waals surface area contributed by atoms with E-state index in [9.17, 15) is 4.79 Å². The third-order valence-corrected chi connectivity index (χ3v) is 3.33. The number of hydrogen-bond donors (Lipinski definition) is 2. The van der Waals surface area contributed by atoms with Crippen molar-refractivity contribution in [3.05, 3.63) is 29.3 Å². The molecule has 0 bridgehead atoms. The van der Waals surface area contributed by atoms with E-state index in [4.69, 9.17) is 11.1 Å². The molecule has 0 spiro atoms. The smallest absolute Gasteiger partial charge is 0.232 e. The van der Waals surface area contributed by atoms with E-state index < -0.39 is 0 Å². The van der Waals surface area contributed by atoms with E-state index in [2.05, 4.69) is 0 Å². The minimum atomic E-state index is 0.0726. The normalized spacial score (nSPS) is 10.1. The van der Waals surface area contributed by atoms with Gasteiger partial charge in [-0.1, -0.05) is 0 Å². The molecule has 0 radical (unpaired) electrons. The quantitative estimate of drug-likeness (QED) is 0.483. The Balaban J connectivity index is 2.71. The second kappa shape index (κ2) is 5.72. The van der Waals surface area contributed by atoms with Gasteiger partial charge in [-0.15, -0.1) is 11.8 Å². The van der Waals surface area contributed by atoms with Gasteiger partial charge in [0.1, 0.15) is 5.84 Å². The number of rotatable bonds is 4. The molecule has 1 amide bonds. The third-order valence-electron chi connectivity index (χ3n) is 2.35. The van der Waals surface area contributed by atoms with Crippen LogP contribution in [0.4, 0.5) is 0 Å². The maximum atomic E-state index is 11.4. The average molecular weight is 251 g/mol. The Kier molecular flexibility index (Phi) is 4.57. The van der Waals surface area contributed by atoms with Crippen LogP contribution in [-0.4, -0.2) is 36.5 Å². The summed E-state index contributed by atoms with van der Waals surface area (Å²) in [4.78, 5) is 14.0. The summed E-state index contributed by atoms with van der Waals surface area (Å²) in [5, 5.41) is 7.38. The van der Waals surface area contributed by atoms with Crippen LogP contribution < -0.4 is 5.73 Å². The van der Waals surface area contributed by atoms with E-state index >= 15 is 0 Å². The van der Waals surface area contributed by atoms with Crippen molar-refractivity contribution < 1.29 is 4.79 Å². The van der Waals surface area contributed by atoms with Crippen molar-refractivity contribution in [2.75, 3.05) is 19.8 Å². The molecule has 0 atom stereocenters. The molecule has 17 heavy (non-hydrogen) atoms. The lowest BCUT2D eigenvalue weighted by molar-refractivity contribution is -0.125. The van der Waals surface area contributed by atoms with Gasteiger partial charge < -0.3 is 10.6 Å². The van der Waals surface area contributed by atoms with Gasteiger partial charge in [0.05, 0.1) is 5.75 Å². The molecule has 0 aromatic heterocycles. The first kappa shape index (κ1) is 13.6. The van der Waals surface area contributed by atoms with Crippen molar-refractivity contribution in [2.45, 2.75) is 11.8 Å². The van der Waals surface area contributed by atoms with Crippen molar-refractivity contribution in [3.8, 4) is 0 Å². The number of amidine groups is 1. The molecular weight excluding hydrogens is 234 g/mol. The van der Waals surface area contributed by atoms with Crippen LogP contribution in [0.3, 0.4) is 0 Å². The minimum Gasteiger partial charge on any atom is -0.384 e. The molecule has 0 saturated carbocycles. The molecule has 0 aliphatic heterocycles. The zero-order valence-electron chi connectivity index (χ0n) is 10.3. The van der Waals surface area contributed by atoms with E-state index in [-0.39, 0.29) is 11.7 Å². The van der Waals surface area contributed by atoms with Crippen molar-refractivity contribution in [1.29, 1.82) is 5.41 Å². The maximum Gasteiger partial charge on any atom is 0.232 e. The molecule has 3 N–H and O–H groups in total. The predicted molar refractivity (Wildman–Crippen MR) is 71.6 cm³/mol. The first-order valence-electron chi connectivity index (χ1n) is 5.20. The van der Waals surface area contributed by atoms with Gasteiger partial charge in [-0.3, -0.25) is 10.2 Å². The number of nitrogen functional groups attached to an aromatic ring is 1. The van der Waals surface area contributed by atoms with Gasteiger partial charge in [-0.25, -0.2) is 0 Å². The Hall–Kier alpha value is -1.49. The summed E-state index contributed by atoms with van der Waals surface area (Å²) in [7, 11) is 3.49. The Morgan fingerprint density at radius 3 is 2.59 bits per heavy atom. The maximum absolute atomic E-state index is 11.4. The fraction of sp³-hybridized carbons (Fsp3) is 0.333. The molecule has 0 fully saturated rings. The number of nitrogens with one attached hydrogen (secondary N) is 1. The number of nitrogens with two attached hydrogens (primary N) is 1. The van der Waals surface area contributed by atoms with Gasteiger partial charge in [0, 0.05) is 24.6 Å². The highest BCUT2D eigenvalue weighted by Crippen LogP contribution is 2.21. The van der Waals surface area contributed by atoms with Gasteiger partial charge in [-0.05, 0) is 30.7 Å². The Bertz CT molecular complexity index is 443. The van der Waals surface area contributed by atoms with Crippen LogP contribution in [0.5, 0.6) is 0 Å². The molecule has 1 aromatic carbocycles. The Morgan fingerprint density at radius 1 is 1.47 bits per heavy atom. The van der Waals surface area contributed by atoms with E-state index in [1.165, 1.54) is 11.8 Å². The summed E-state index contributed by atoms with van der Waals surface area (Å²) in [6.07, 6.45) is 0. The van der Waals surface area contributed by atoms with Crippen LogP contribution in [0.25, 0.3) is 0 Å². The number of aryl methyl sites for hydroxylation is 1. The lowest BCUT2D eigenvalue weighted by Gasteiger charge is -2.10. The van der Waals surface area contributed by atoms with Crippen molar-refractivity contribution >= 4 is 23.5 Å². The van der Waals surface area contributed by atoms with E-state index in [0.717, 1.165) is 16.0 Å². The van der Waals surface area contributed by atoms with E-state index in [0.29, 0.717) is 5.75 Å². The zero-order valence-corrected chi connectivity index (χ0v) is 11.1. The first-order valence-corrected chi connectivity index (χ1v) is 6.18. The van der Waals surface area contributed by atoms with Gasteiger partial charge in [0.25, 0.3) is 0 Å². The average Bonchev–Trinajstić information content (AvgIpc) is 2.25. The van der Waals surface area contributed by atoms with Crippen LogP contribution in [-0.2, 0) is 4.79 Å². The fourth-order valence-corrected chi connectivity index (χ4v) is 2.28. The summed E-state index contributed by atoms with van der Waals surface area (Å²) in [5.74, 6) is 0.581. The number of carbonyl (C=O) groups is 1. The van der Waals surface area contributed by atoms with Crippen LogP contribution in [0.2, 0.25) is 0 Å². The number of carbonyl (C=O) groups excluding carboxylic acids is 1. The summed E-state index contributed by atoms with van der Waals surface area (Å²) in [6, 6.07) is 5.65. The zero-order chi connectivity index (χ0) is 13.0. The Morgan fingerprint density at radius 2 is 2.12 bits per heavy atom. The van der Waals surface area contributed by atoms with Gasteiger partial charge >= 0.3 is 0 Å². The molecule has 0 heterocycles. The highest BCUT2D eigenvalue weighted by Gasteiger charge is 2.07. The van der Waals surface area contributed by atoms with Crippen molar-refractivity contribution in [2.24, 2.45) is 5.73 Å². The van der Waals surface area contributed by atoms with Gasteiger partial charge in [0.2, 0.25) is 5.91 Å². The van der Waals surface area contributed by atoms with Gasteiger partial charge in [-0.2, -0.15) is 0 Å². The Labute approximate surface area is 106 Å². The SMILES string of the molecule is Cc1cc(SCC(=O)N(C)C)ccc1C(=N)N. The molecule has 92 valence electrons. The predicted octanol–water partition coefficient (Wildman–Crippen LogP) is 1.46. The fourth-order valence-electron chi connectivity index (χ4n) is 1.30. The third kappa shape index (κ3) is 3.78. The molecule has 0 saturated heterocycles. The molecular formula is C12H17N3OS. The summed E-state index contributed by atoms with van der Waals surface area (Å²) >= 11 is 1.49. The van der Waals surface area contributed by atoms with Crippen LogP contribution in [0.1, 0.15) is 11.1 Å². The number of amides is 1. The van der Waals surface area contributed by atoms with Crippen molar-refractivity contribution in [3.63, 3.8) is 0 Å². The lowest BCUT2D eigenvalue weighted by Crippen LogP contribution is -2.23. The monoisotopic (exact) mass is 251 g/mol. The first-order chi connectivity index (χ1) is 7.91. The highest BCUT2D eigenvalue weighted by molar-refractivity contribution is 8.00. The largest absolute Gasteiger partial charge is 0.384 e. The molecule has 0 aliphatic rings. The number of benzene rings is 1. The molecule has 0 aliphatic carbocycles. The van der Waals surface area contributed by atoms with E-state index in [1.54, 1.807) is 19.0 Å². The molecule has 0 unspecified atom stereocenters. The topological polar surface area (TPSA) is 70.2 Å². The van der Waals surface area contributed by atoms with Crippen LogP contribution >= 0.6 is 11.8 Å². The number of hydrogen-bond acceptors (Lipinski definition) is 3. The molecule has 1 aromatic rings. The standard InChI is InChI=1S/C12H17N3OS/c1-8-6-9(4-5-10(8)12(13)14)17-7-11(16)15(2)3/h4-6H,7H2,1-3H3,(H3,13,14). The summed E-state index contributed by atoms with van der Waals surface area (Å²) in [6.45, 7) is 1.91. The second-order valence-corrected chi connectivity index (χ2v) is 5.02. The van der Waals surface area contributed by atoms with Crippen LogP contribution in [0.15, 0.2) is 23.1 Å². The van der Waals surface area contributed by atoms with E-state index in [1.807, 2.05) is 25.1 Å². The summed E-state index contributed by atoms with van der Waals surface area (Å²) < 4.78 is 0. The second-order valence-electron chi connectivity index (χ2n) is 3.97. The number of nitrogens with zero attached hydrogens (tertiary/aromatic N) is 1. The molecule has 5 heteroatoms. The molecule has 1 rings (SSSR count). The number of thioether (sulfide) groups is 1. The van der Waals surface area contributed by atoms with Crippen LogP contribution in [0, 0.1) is 12.3 Å². The minimum absolute atomic E-state index is 0.0726. The van der Waals surface area contributed by atoms with Gasteiger partial charge in [0.15, 0.2) is 0 Å². The molecule has 4 nitrogen and oxygen atoms in total. The van der Waals surface area contributed by atoms with Crippen molar-refractivity contribution in [1.82, 2.24) is 4.90 Å². The lowest BCUT2D eigenvalue weighted by atomic mass is 10.1. The highest BCUT2D eigenvalue weighted by atomic mass is 32.2.